The van der Waals surface area contributed by atoms with Gasteiger partial charge in [-0.2, -0.15) is 0 Å². The number of methoxy groups -OCH3 is 1. The van der Waals surface area contributed by atoms with E-state index >= 15 is 0 Å². The number of nitrogens with one attached hydrogen (secondary N) is 2. The number of esters is 1. The molecule has 0 bridgehead atoms. The minimum absolute atomic E-state index is 0.0729. The summed E-state index contributed by atoms with van der Waals surface area (Å²) in [5.74, 6) is -2.23. The Kier molecular flexibility index (Phi) is 7.59. The van der Waals surface area contributed by atoms with Gasteiger partial charge in [0.05, 0.1) is 19.3 Å². The SMILES string of the molecule is COC(=O)C[C@H](NC(=O)NCCCS(C)(=O)=O)C(=O)O. The standard InChI is InChI=1S/C10H18N2O7S/c1-19-8(13)6-7(9(14)15)12-10(16)11-4-3-5-20(2,17)18/h7H,3-6H2,1-2H3,(H,14,15)(H2,11,12,16)/t7-/m0/s1. The summed E-state index contributed by atoms with van der Waals surface area (Å²) in [6.07, 6.45) is 0.785. The predicted molar refractivity (Wildman–Crippen MR) is 68.9 cm³/mol. The number of aliphatic carboxylic acids is 1. The van der Waals surface area contributed by atoms with Crippen LogP contribution >= 0.6 is 0 Å². The van der Waals surface area contributed by atoms with Gasteiger partial charge in [-0.3, -0.25) is 4.79 Å². The van der Waals surface area contributed by atoms with E-state index in [4.69, 9.17) is 5.11 Å². The second-order valence-corrected chi connectivity index (χ2v) is 6.31. The van der Waals surface area contributed by atoms with Crippen molar-refractivity contribution in [2.24, 2.45) is 0 Å². The number of ether oxygens (including phenoxy) is 1. The number of carboxylic acids is 1. The van der Waals surface area contributed by atoms with Gasteiger partial charge in [0.2, 0.25) is 0 Å². The molecule has 116 valence electrons. The van der Waals surface area contributed by atoms with Crippen molar-refractivity contribution < 1.29 is 32.6 Å². The first-order chi connectivity index (χ1) is 9.15. The Balaban J connectivity index is 4.14. The van der Waals surface area contributed by atoms with E-state index in [0.717, 1.165) is 13.4 Å². The van der Waals surface area contributed by atoms with Gasteiger partial charge in [-0.25, -0.2) is 18.0 Å². The van der Waals surface area contributed by atoms with Gasteiger partial charge in [-0.05, 0) is 6.42 Å². The highest BCUT2D eigenvalue weighted by atomic mass is 32.2. The molecule has 0 aromatic heterocycles. The second-order valence-electron chi connectivity index (χ2n) is 4.05. The van der Waals surface area contributed by atoms with Crippen molar-refractivity contribution in [1.29, 1.82) is 0 Å². The topological polar surface area (TPSA) is 139 Å². The third kappa shape index (κ3) is 9.14. The van der Waals surface area contributed by atoms with Crippen LogP contribution in [0, 0.1) is 0 Å². The Labute approximate surface area is 116 Å². The van der Waals surface area contributed by atoms with Gasteiger partial charge < -0.3 is 20.5 Å². The first-order valence-corrected chi connectivity index (χ1v) is 7.73. The van der Waals surface area contributed by atoms with Crippen molar-refractivity contribution >= 4 is 27.8 Å². The molecule has 0 saturated carbocycles. The molecule has 10 heteroatoms. The molecule has 0 rings (SSSR count). The fraction of sp³-hybridized carbons (Fsp3) is 0.700. The Morgan fingerprint density at radius 2 is 1.90 bits per heavy atom. The van der Waals surface area contributed by atoms with Crippen LogP contribution in [0.5, 0.6) is 0 Å². The van der Waals surface area contributed by atoms with Crippen LogP contribution in [0.3, 0.4) is 0 Å². The third-order valence-corrected chi connectivity index (χ3v) is 3.21. The molecule has 0 aromatic rings. The summed E-state index contributed by atoms with van der Waals surface area (Å²) in [7, 11) is -2.00. The molecule has 1 atom stereocenters. The lowest BCUT2D eigenvalue weighted by atomic mass is 10.2. The van der Waals surface area contributed by atoms with Crippen molar-refractivity contribution in [3.63, 3.8) is 0 Å². The zero-order chi connectivity index (χ0) is 15.8. The van der Waals surface area contributed by atoms with Crippen LogP contribution in [0.4, 0.5) is 4.79 Å². The maximum absolute atomic E-state index is 11.4. The van der Waals surface area contributed by atoms with Crippen molar-refractivity contribution in [3.8, 4) is 0 Å². The summed E-state index contributed by atoms with van der Waals surface area (Å²) in [6.45, 7) is 0.0729. The lowest BCUT2D eigenvalue weighted by Crippen LogP contribution is -2.47. The maximum atomic E-state index is 11.4. The van der Waals surface area contributed by atoms with Crippen molar-refractivity contribution in [1.82, 2.24) is 10.6 Å². The Morgan fingerprint density at radius 1 is 1.30 bits per heavy atom. The summed E-state index contributed by atoms with van der Waals surface area (Å²) in [5.41, 5.74) is 0. The van der Waals surface area contributed by atoms with E-state index in [2.05, 4.69) is 15.4 Å². The van der Waals surface area contributed by atoms with Crippen LogP contribution in [-0.2, 0) is 24.2 Å². The summed E-state index contributed by atoms with van der Waals surface area (Å²) < 4.78 is 26.0. The summed E-state index contributed by atoms with van der Waals surface area (Å²) in [4.78, 5) is 33.1. The zero-order valence-electron chi connectivity index (χ0n) is 11.2. The molecular weight excluding hydrogens is 292 g/mol. The molecule has 20 heavy (non-hydrogen) atoms. The van der Waals surface area contributed by atoms with E-state index in [0.29, 0.717) is 0 Å². The van der Waals surface area contributed by atoms with E-state index in [9.17, 15) is 22.8 Å². The highest BCUT2D eigenvalue weighted by molar-refractivity contribution is 7.90. The molecule has 0 unspecified atom stereocenters. The molecule has 0 aliphatic rings. The van der Waals surface area contributed by atoms with Gasteiger partial charge in [-0.1, -0.05) is 0 Å². The molecule has 0 aromatic carbocycles. The van der Waals surface area contributed by atoms with Crippen LogP contribution in [0.1, 0.15) is 12.8 Å². The van der Waals surface area contributed by atoms with Crippen molar-refractivity contribution in [3.05, 3.63) is 0 Å². The number of rotatable bonds is 8. The third-order valence-electron chi connectivity index (χ3n) is 2.18. The minimum Gasteiger partial charge on any atom is -0.480 e. The van der Waals surface area contributed by atoms with Gasteiger partial charge in [0.25, 0.3) is 0 Å². The molecule has 0 radical (unpaired) electrons. The van der Waals surface area contributed by atoms with Gasteiger partial charge in [0.1, 0.15) is 15.9 Å². The van der Waals surface area contributed by atoms with Crippen LogP contribution in [0.15, 0.2) is 0 Å². The van der Waals surface area contributed by atoms with Gasteiger partial charge >= 0.3 is 18.0 Å². The lowest BCUT2D eigenvalue weighted by Gasteiger charge is -2.13. The largest absolute Gasteiger partial charge is 0.480 e. The number of carbonyl (C=O) groups excluding carboxylic acids is 2. The average Bonchev–Trinajstić information content (AvgIpc) is 2.32. The predicted octanol–water partition coefficient (Wildman–Crippen LogP) is -1.26. The number of urea groups is 1. The lowest BCUT2D eigenvalue weighted by molar-refractivity contribution is -0.147. The van der Waals surface area contributed by atoms with E-state index in [1.54, 1.807) is 0 Å². The van der Waals surface area contributed by atoms with E-state index < -0.39 is 40.3 Å². The van der Waals surface area contributed by atoms with E-state index in [-0.39, 0.29) is 18.7 Å². The van der Waals surface area contributed by atoms with E-state index in [1.165, 1.54) is 0 Å². The van der Waals surface area contributed by atoms with Crippen molar-refractivity contribution in [2.75, 3.05) is 25.7 Å². The molecule has 0 heterocycles. The van der Waals surface area contributed by atoms with Crippen LogP contribution in [0.25, 0.3) is 0 Å². The Hall–Kier alpha value is -1.84. The van der Waals surface area contributed by atoms with Crippen LogP contribution < -0.4 is 10.6 Å². The zero-order valence-corrected chi connectivity index (χ0v) is 12.0. The van der Waals surface area contributed by atoms with Crippen LogP contribution in [0.2, 0.25) is 0 Å². The molecule has 3 N–H and O–H groups in total. The van der Waals surface area contributed by atoms with Gasteiger partial charge in [0.15, 0.2) is 0 Å². The number of carboxylic acid groups (broad SMARTS) is 1. The first-order valence-electron chi connectivity index (χ1n) is 5.67. The van der Waals surface area contributed by atoms with Crippen molar-refractivity contribution in [2.45, 2.75) is 18.9 Å². The highest BCUT2D eigenvalue weighted by Gasteiger charge is 2.23. The summed E-state index contributed by atoms with van der Waals surface area (Å²) >= 11 is 0. The fourth-order valence-electron chi connectivity index (χ4n) is 1.20. The Morgan fingerprint density at radius 3 is 2.35 bits per heavy atom. The highest BCUT2D eigenvalue weighted by Crippen LogP contribution is 1.95. The molecule has 0 saturated heterocycles. The number of amides is 2. The van der Waals surface area contributed by atoms with Gasteiger partial charge in [-0.15, -0.1) is 0 Å². The summed E-state index contributed by atoms with van der Waals surface area (Å²) in [6, 6.07) is -2.20. The van der Waals surface area contributed by atoms with E-state index in [1.807, 2.05) is 0 Å². The second kappa shape index (κ2) is 8.35. The maximum Gasteiger partial charge on any atom is 0.326 e. The molecule has 0 fully saturated rings. The first kappa shape index (κ1) is 18.2. The summed E-state index contributed by atoms with van der Waals surface area (Å²) in [5, 5.41) is 13.2. The van der Waals surface area contributed by atoms with Crippen LogP contribution in [-0.4, -0.2) is 63.2 Å². The molecule has 0 aliphatic carbocycles. The monoisotopic (exact) mass is 310 g/mol. The average molecular weight is 310 g/mol. The molecule has 2 amide bonds. The fourth-order valence-corrected chi connectivity index (χ4v) is 1.86. The normalized spacial score (nSPS) is 12.3. The number of hydrogen-bond donors (Lipinski definition) is 3. The quantitative estimate of drug-likeness (QED) is 0.375. The molecule has 0 spiro atoms. The minimum atomic E-state index is -3.10. The number of carbonyl (C=O) groups is 3. The molecule has 0 aliphatic heterocycles. The smallest absolute Gasteiger partial charge is 0.326 e. The van der Waals surface area contributed by atoms with Gasteiger partial charge in [0, 0.05) is 12.8 Å². The number of hydrogen-bond acceptors (Lipinski definition) is 6. The molecule has 9 nitrogen and oxygen atoms in total. The number of sulfone groups is 1. The molecular formula is C10H18N2O7S. The Bertz CT molecular complexity index is 460.